The predicted molar refractivity (Wildman–Crippen MR) is 111 cm³/mol. The predicted octanol–water partition coefficient (Wildman–Crippen LogP) is 3.46. The Hall–Kier alpha value is -2.63. The SMILES string of the molecule is Cc1cc(=O)nc2c3ccccc3n([C@H](C)C(=O)N[C@@H]3CCC[C@@H](C)[C@@H]3C)n12. The molecular weight excluding hydrogens is 352 g/mol. The fourth-order valence-electron chi connectivity index (χ4n) is 4.59. The quantitative estimate of drug-likeness (QED) is 0.757. The van der Waals surface area contributed by atoms with E-state index < -0.39 is 6.04 Å². The Kier molecular flexibility index (Phi) is 4.73. The number of carbonyl (C=O) groups excluding carboxylic acids is 1. The van der Waals surface area contributed by atoms with Crippen LogP contribution < -0.4 is 10.9 Å². The van der Waals surface area contributed by atoms with Crippen molar-refractivity contribution in [1.82, 2.24) is 19.5 Å². The van der Waals surface area contributed by atoms with Crippen molar-refractivity contribution in [3.63, 3.8) is 0 Å². The van der Waals surface area contributed by atoms with Crippen LogP contribution in [0.5, 0.6) is 0 Å². The molecule has 1 aromatic carbocycles. The summed E-state index contributed by atoms with van der Waals surface area (Å²) in [5.41, 5.74) is 2.00. The van der Waals surface area contributed by atoms with Gasteiger partial charge in [0.1, 0.15) is 6.04 Å². The van der Waals surface area contributed by atoms with E-state index in [0.717, 1.165) is 29.4 Å². The molecule has 0 saturated heterocycles. The number of amides is 1. The third kappa shape index (κ3) is 3.01. The average Bonchev–Trinajstić information content (AvgIpc) is 2.99. The van der Waals surface area contributed by atoms with E-state index in [4.69, 9.17) is 0 Å². The summed E-state index contributed by atoms with van der Waals surface area (Å²) in [4.78, 5) is 29.4. The zero-order chi connectivity index (χ0) is 20.0. The van der Waals surface area contributed by atoms with Gasteiger partial charge in [-0.3, -0.25) is 14.3 Å². The highest BCUT2D eigenvalue weighted by atomic mass is 16.2. The summed E-state index contributed by atoms with van der Waals surface area (Å²) in [6.45, 7) is 8.29. The van der Waals surface area contributed by atoms with E-state index in [9.17, 15) is 9.59 Å². The van der Waals surface area contributed by atoms with Gasteiger partial charge in [-0.25, -0.2) is 4.52 Å². The normalized spacial score (nSPS) is 23.8. The fraction of sp³-hybridized carbons (Fsp3) is 0.500. The first-order chi connectivity index (χ1) is 13.4. The van der Waals surface area contributed by atoms with Crippen LogP contribution in [-0.4, -0.2) is 26.1 Å². The number of nitrogens with zero attached hydrogens (tertiary/aromatic N) is 3. The topological polar surface area (TPSA) is 68.4 Å². The Balaban J connectivity index is 1.77. The molecule has 1 fully saturated rings. The van der Waals surface area contributed by atoms with Gasteiger partial charge in [0, 0.05) is 23.2 Å². The van der Waals surface area contributed by atoms with Crippen LogP contribution in [0.25, 0.3) is 16.6 Å². The molecule has 0 radical (unpaired) electrons. The van der Waals surface area contributed by atoms with Gasteiger partial charge in [0.2, 0.25) is 5.91 Å². The van der Waals surface area contributed by atoms with Crippen LogP contribution in [-0.2, 0) is 4.79 Å². The van der Waals surface area contributed by atoms with Gasteiger partial charge in [-0.2, -0.15) is 4.98 Å². The molecule has 0 bridgehead atoms. The Morgan fingerprint density at radius 3 is 2.79 bits per heavy atom. The smallest absolute Gasteiger partial charge is 0.273 e. The van der Waals surface area contributed by atoms with E-state index in [2.05, 4.69) is 24.1 Å². The number of rotatable bonds is 3. The Morgan fingerprint density at radius 2 is 2.00 bits per heavy atom. The van der Waals surface area contributed by atoms with Crippen molar-refractivity contribution in [2.45, 2.75) is 59.0 Å². The van der Waals surface area contributed by atoms with Crippen molar-refractivity contribution < 1.29 is 4.79 Å². The minimum atomic E-state index is -0.421. The number of carbonyl (C=O) groups is 1. The molecule has 1 amide bonds. The molecule has 6 nitrogen and oxygen atoms in total. The third-order valence-corrected chi connectivity index (χ3v) is 6.47. The molecule has 28 heavy (non-hydrogen) atoms. The van der Waals surface area contributed by atoms with E-state index in [-0.39, 0.29) is 17.5 Å². The first kappa shape index (κ1) is 18.7. The van der Waals surface area contributed by atoms with Crippen LogP contribution in [0, 0.1) is 18.8 Å². The fourth-order valence-corrected chi connectivity index (χ4v) is 4.59. The molecule has 1 aliphatic rings. The number of hydrogen-bond donors (Lipinski definition) is 1. The molecule has 6 heteroatoms. The zero-order valence-electron chi connectivity index (χ0n) is 17.0. The molecule has 4 atom stereocenters. The Bertz CT molecular complexity index is 1100. The van der Waals surface area contributed by atoms with Crippen LogP contribution >= 0.6 is 0 Å². The molecular formula is C22H28N4O2. The van der Waals surface area contributed by atoms with Gasteiger partial charge in [-0.05, 0) is 44.2 Å². The van der Waals surface area contributed by atoms with Crippen molar-refractivity contribution in [3.05, 3.63) is 46.4 Å². The summed E-state index contributed by atoms with van der Waals surface area (Å²) >= 11 is 0. The van der Waals surface area contributed by atoms with Gasteiger partial charge in [-0.1, -0.05) is 38.8 Å². The molecule has 0 aliphatic heterocycles. The lowest BCUT2D eigenvalue weighted by atomic mass is 9.78. The highest BCUT2D eigenvalue weighted by Crippen LogP contribution is 2.30. The molecule has 3 aromatic rings. The summed E-state index contributed by atoms with van der Waals surface area (Å²) in [5, 5.41) is 4.17. The summed E-state index contributed by atoms with van der Waals surface area (Å²) in [7, 11) is 0. The van der Waals surface area contributed by atoms with E-state index in [1.807, 2.05) is 47.3 Å². The molecule has 1 saturated carbocycles. The van der Waals surface area contributed by atoms with Gasteiger partial charge in [0.05, 0.1) is 5.52 Å². The number of fused-ring (bicyclic) bond motifs is 3. The summed E-state index contributed by atoms with van der Waals surface area (Å²) in [6.07, 6.45) is 3.42. The number of para-hydroxylation sites is 1. The van der Waals surface area contributed by atoms with E-state index in [0.29, 0.717) is 17.5 Å². The molecule has 0 unspecified atom stereocenters. The second kappa shape index (κ2) is 7.08. The van der Waals surface area contributed by atoms with E-state index >= 15 is 0 Å². The van der Waals surface area contributed by atoms with E-state index in [1.54, 1.807) is 0 Å². The van der Waals surface area contributed by atoms with Crippen LogP contribution in [0.15, 0.2) is 35.1 Å². The Morgan fingerprint density at radius 1 is 1.25 bits per heavy atom. The second-order valence-electron chi connectivity index (χ2n) is 8.29. The van der Waals surface area contributed by atoms with Crippen molar-refractivity contribution in [3.8, 4) is 0 Å². The second-order valence-corrected chi connectivity index (χ2v) is 8.29. The number of benzene rings is 1. The highest BCUT2D eigenvalue weighted by Gasteiger charge is 2.30. The van der Waals surface area contributed by atoms with Gasteiger partial charge >= 0.3 is 0 Å². The number of nitrogens with one attached hydrogen (secondary N) is 1. The van der Waals surface area contributed by atoms with Gasteiger partial charge < -0.3 is 5.32 Å². The molecule has 1 aliphatic carbocycles. The van der Waals surface area contributed by atoms with Crippen LogP contribution in [0.2, 0.25) is 0 Å². The van der Waals surface area contributed by atoms with Gasteiger partial charge in [-0.15, -0.1) is 0 Å². The minimum Gasteiger partial charge on any atom is -0.351 e. The van der Waals surface area contributed by atoms with Crippen molar-refractivity contribution >= 4 is 22.5 Å². The van der Waals surface area contributed by atoms with Crippen molar-refractivity contribution in [2.24, 2.45) is 11.8 Å². The molecule has 2 heterocycles. The maximum absolute atomic E-state index is 13.2. The molecule has 0 spiro atoms. The molecule has 2 aromatic heterocycles. The maximum Gasteiger partial charge on any atom is 0.273 e. The zero-order valence-corrected chi connectivity index (χ0v) is 17.0. The molecule has 1 N–H and O–H groups in total. The highest BCUT2D eigenvalue weighted by molar-refractivity contribution is 5.94. The standard InChI is InChI=1S/C22H28N4O2/c1-13-8-7-10-18(15(13)3)23-22(28)16(4)26-19-11-6-5-9-17(19)21-24-20(27)12-14(2)25(21)26/h5-6,9,11-13,15-16,18H,7-8,10H2,1-4H3,(H,23,28)/t13-,15+,16-,18-/m1/s1. The number of aryl methyl sites for hydroxylation is 1. The monoisotopic (exact) mass is 380 g/mol. The third-order valence-electron chi connectivity index (χ3n) is 6.47. The van der Waals surface area contributed by atoms with Crippen LogP contribution in [0.4, 0.5) is 0 Å². The summed E-state index contributed by atoms with van der Waals surface area (Å²) in [6, 6.07) is 9.10. The van der Waals surface area contributed by atoms with E-state index in [1.165, 1.54) is 12.5 Å². The minimum absolute atomic E-state index is 0.00621. The lowest BCUT2D eigenvalue weighted by Crippen LogP contribution is -2.46. The summed E-state index contributed by atoms with van der Waals surface area (Å²) in [5.74, 6) is 1.10. The largest absolute Gasteiger partial charge is 0.351 e. The van der Waals surface area contributed by atoms with Gasteiger partial charge in [0.25, 0.3) is 5.56 Å². The number of hydrogen-bond acceptors (Lipinski definition) is 3. The van der Waals surface area contributed by atoms with Crippen molar-refractivity contribution in [2.75, 3.05) is 0 Å². The Labute approximate surface area is 164 Å². The molecule has 148 valence electrons. The average molecular weight is 380 g/mol. The van der Waals surface area contributed by atoms with Crippen LogP contribution in [0.3, 0.4) is 0 Å². The van der Waals surface area contributed by atoms with Crippen molar-refractivity contribution in [1.29, 1.82) is 0 Å². The van der Waals surface area contributed by atoms with Gasteiger partial charge in [0.15, 0.2) is 5.65 Å². The number of aromatic nitrogens is 3. The lowest BCUT2D eigenvalue weighted by molar-refractivity contribution is -0.125. The lowest BCUT2D eigenvalue weighted by Gasteiger charge is -2.35. The maximum atomic E-state index is 13.2. The van der Waals surface area contributed by atoms with Crippen LogP contribution in [0.1, 0.15) is 51.8 Å². The summed E-state index contributed by atoms with van der Waals surface area (Å²) < 4.78 is 3.85. The molecule has 4 rings (SSSR count). The first-order valence-electron chi connectivity index (χ1n) is 10.2. The first-order valence-corrected chi connectivity index (χ1v) is 10.2.